The largest absolute Gasteiger partial charge is 0.496 e. The lowest BCUT2D eigenvalue weighted by atomic mass is 9.99. The van der Waals surface area contributed by atoms with Crippen LogP contribution in [0.1, 0.15) is 51.1 Å². The van der Waals surface area contributed by atoms with Gasteiger partial charge in [0.1, 0.15) is 11.9 Å². The topological polar surface area (TPSA) is 89.9 Å². The van der Waals surface area contributed by atoms with Crippen LogP contribution in [-0.4, -0.2) is 59.9 Å². The monoisotopic (exact) mass is 620 g/mol. The Morgan fingerprint density at radius 2 is 1.89 bits per heavy atom. The van der Waals surface area contributed by atoms with E-state index in [2.05, 4.69) is 40.7 Å². The van der Waals surface area contributed by atoms with E-state index in [4.69, 9.17) is 10.5 Å². The molecule has 5 aromatic rings. The number of fused-ring (bicyclic) bond motifs is 3. The van der Waals surface area contributed by atoms with Crippen LogP contribution in [0, 0.1) is 12.8 Å². The smallest absolute Gasteiger partial charge is 0.277 e. The fourth-order valence-electron chi connectivity index (χ4n) is 6.91. The van der Waals surface area contributed by atoms with Gasteiger partial charge in [-0.1, -0.05) is 18.2 Å². The van der Waals surface area contributed by atoms with Gasteiger partial charge in [0.05, 0.1) is 29.8 Å². The normalized spacial score (nSPS) is 19.6. The molecular formula is C36H33FN4O3S. The molecule has 7 nitrogen and oxygen atoms in total. The van der Waals surface area contributed by atoms with Gasteiger partial charge in [0.2, 0.25) is 0 Å². The minimum absolute atomic E-state index is 0.0576. The molecular weight excluding hydrogens is 587 g/mol. The highest BCUT2D eigenvalue weighted by Crippen LogP contribution is 2.46. The molecule has 8 rings (SSSR count). The van der Waals surface area contributed by atoms with Gasteiger partial charge in [-0.25, -0.2) is 9.38 Å². The molecule has 1 aliphatic carbocycles. The Kier molecular flexibility index (Phi) is 6.65. The number of methoxy groups -OCH3 is 1. The highest BCUT2D eigenvalue weighted by atomic mass is 32.1. The Balaban J connectivity index is 1.23. The van der Waals surface area contributed by atoms with Crippen LogP contribution in [0.25, 0.3) is 42.7 Å². The quantitative estimate of drug-likeness (QED) is 0.221. The Morgan fingerprint density at radius 3 is 2.67 bits per heavy atom. The predicted octanol–water partition coefficient (Wildman–Crippen LogP) is 7.00. The number of thiophene rings is 1. The summed E-state index contributed by atoms with van der Waals surface area (Å²) in [7, 11) is 1.63. The van der Waals surface area contributed by atoms with E-state index in [9.17, 15) is 14.0 Å². The number of hydrogen-bond acceptors (Lipinski definition) is 5. The SMILES string of the molecule is COc1cc(C(=O)N2C[C@H](N)C[C@@H](F)C2)cc2sc(-c3cc4ccc(-c5ccc6c(c5)C=NC6=O)cc4n3CC3CC3)c(C)c12. The van der Waals surface area contributed by atoms with Crippen molar-refractivity contribution in [3.05, 3.63) is 76.9 Å². The second kappa shape index (κ2) is 10.6. The molecule has 45 heavy (non-hydrogen) atoms. The number of alkyl halides is 1. The van der Waals surface area contributed by atoms with Crippen LogP contribution in [0.3, 0.4) is 0 Å². The first-order chi connectivity index (χ1) is 21.8. The fraction of sp³-hybridized carbons (Fsp3) is 0.306. The molecule has 3 aliphatic rings. The summed E-state index contributed by atoms with van der Waals surface area (Å²) in [5.74, 6) is 0.873. The molecule has 0 radical (unpaired) electrons. The molecule has 0 unspecified atom stereocenters. The van der Waals surface area contributed by atoms with E-state index in [1.165, 1.54) is 23.3 Å². The molecule has 1 saturated heterocycles. The zero-order chi connectivity index (χ0) is 31.0. The number of benzene rings is 3. The number of carbonyl (C=O) groups is 2. The van der Waals surface area contributed by atoms with Crippen molar-refractivity contribution in [3.8, 4) is 27.4 Å². The van der Waals surface area contributed by atoms with Gasteiger partial charge in [-0.05, 0) is 85.2 Å². The molecule has 2 atom stereocenters. The van der Waals surface area contributed by atoms with Crippen LogP contribution in [0.15, 0.2) is 59.6 Å². The third kappa shape index (κ3) is 4.85. The lowest BCUT2D eigenvalue weighted by Crippen LogP contribution is -2.50. The van der Waals surface area contributed by atoms with Gasteiger partial charge in [0.15, 0.2) is 0 Å². The zero-order valence-electron chi connectivity index (χ0n) is 25.2. The summed E-state index contributed by atoms with van der Waals surface area (Å²) < 4.78 is 23.5. The summed E-state index contributed by atoms with van der Waals surface area (Å²) >= 11 is 1.66. The van der Waals surface area contributed by atoms with Crippen molar-refractivity contribution in [2.45, 2.75) is 44.9 Å². The molecule has 2 aliphatic heterocycles. The van der Waals surface area contributed by atoms with Crippen molar-refractivity contribution >= 4 is 50.4 Å². The standard InChI is InChI=1S/C36H33FN4O3S/c1-19-33-31(44-2)12-24(36(43)40-17-26(37)14-27(38)18-40)13-32(33)45-34(19)30-11-23-6-5-22(10-29(23)41(30)16-20-3-4-20)21-7-8-28-25(9-21)15-39-35(28)42/h5-13,15,20,26-27H,3-4,14,16-18,38H2,1-2H3/t26-,27-/m1/s1. The Labute approximate surface area is 264 Å². The maximum atomic E-state index is 14.3. The molecule has 3 aromatic carbocycles. The third-order valence-electron chi connectivity index (χ3n) is 9.39. The van der Waals surface area contributed by atoms with Crippen molar-refractivity contribution in [1.82, 2.24) is 9.47 Å². The first kappa shape index (κ1) is 28.2. The van der Waals surface area contributed by atoms with E-state index in [1.54, 1.807) is 30.7 Å². The van der Waals surface area contributed by atoms with E-state index >= 15 is 0 Å². The van der Waals surface area contributed by atoms with Crippen molar-refractivity contribution in [2.75, 3.05) is 20.2 Å². The number of piperidine rings is 1. The summed E-state index contributed by atoms with van der Waals surface area (Å²) in [5, 5.41) is 2.15. The molecule has 9 heteroatoms. The average Bonchev–Trinajstić information content (AvgIpc) is 3.56. The van der Waals surface area contributed by atoms with Crippen LogP contribution in [-0.2, 0) is 6.54 Å². The number of amides is 2. The fourth-order valence-corrected chi connectivity index (χ4v) is 8.20. The average molecular weight is 621 g/mol. The Morgan fingerprint density at radius 1 is 1.09 bits per heavy atom. The van der Waals surface area contributed by atoms with Crippen LogP contribution < -0.4 is 10.5 Å². The van der Waals surface area contributed by atoms with Gasteiger partial charge in [0, 0.05) is 57.5 Å². The lowest BCUT2D eigenvalue weighted by Gasteiger charge is -2.33. The highest BCUT2D eigenvalue weighted by Gasteiger charge is 2.30. The maximum Gasteiger partial charge on any atom is 0.277 e. The molecule has 228 valence electrons. The number of ether oxygens (including phenoxy) is 1. The predicted molar refractivity (Wildman–Crippen MR) is 178 cm³/mol. The number of aromatic nitrogens is 1. The number of hydrogen-bond donors (Lipinski definition) is 1. The summed E-state index contributed by atoms with van der Waals surface area (Å²) in [5.41, 5.74) is 13.6. The van der Waals surface area contributed by atoms with Crippen molar-refractivity contribution < 1.29 is 18.7 Å². The van der Waals surface area contributed by atoms with E-state index in [1.807, 2.05) is 24.3 Å². The third-order valence-corrected chi connectivity index (χ3v) is 10.7. The summed E-state index contributed by atoms with van der Waals surface area (Å²) in [6, 6.07) is 18.0. The molecule has 2 amide bonds. The minimum atomic E-state index is -1.12. The summed E-state index contributed by atoms with van der Waals surface area (Å²) in [4.78, 5) is 32.1. The number of nitrogens with two attached hydrogens (primary N) is 1. The van der Waals surface area contributed by atoms with Crippen LogP contribution in [0.4, 0.5) is 4.39 Å². The lowest BCUT2D eigenvalue weighted by molar-refractivity contribution is 0.0606. The second-order valence-electron chi connectivity index (χ2n) is 12.6. The molecule has 0 spiro atoms. The number of halogens is 1. The van der Waals surface area contributed by atoms with Crippen molar-refractivity contribution in [3.63, 3.8) is 0 Å². The Hall–Kier alpha value is -4.34. The maximum absolute atomic E-state index is 14.3. The molecule has 4 heterocycles. The number of aliphatic imine (C=N–C) groups is 1. The van der Waals surface area contributed by atoms with Gasteiger partial charge in [0.25, 0.3) is 11.8 Å². The molecule has 2 N–H and O–H groups in total. The second-order valence-corrected chi connectivity index (χ2v) is 13.7. The first-order valence-electron chi connectivity index (χ1n) is 15.4. The van der Waals surface area contributed by atoms with Gasteiger partial charge in [-0.3, -0.25) is 9.59 Å². The summed E-state index contributed by atoms with van der Waals surface area (Å²) in [6.07, 6.45) is 3.25. The minimum Gasteiger partial charge on any atom is -0.496 e. The van der Waals surface area contributed by atoms with E-state index < -0.39 is 6.17 Å². The van der Waals surface area contributed by atoms with Crippen molar-refractivity contribution in [2.24, 2.45) is 16.6 Å². The number of carbonyl (C=O) groups excluding carboxylic acids is 2. The van der Waals surface area contributed by atoms with E-state index in [0.717, 1.165) is 54.8 Å². The van der Waals surface area contributed by atoms with Gasteiger partial charge < -0.3 is 19.9 Å². The molecule has 2 aromatic heterocycles. The van der Waals surface area contributed by atoms with Crippen molar-refractivity contribution in [1.29, 1.82) is 0 Å². The number of likely N-dealkylation sites (tertiary alicyclic amines) is 1. The van der Waals surface area contributed by atoms with Crippen LogP contribution in [0.2, 0.25) is 0 Å². The first-order valence-corrected chi connectivity index (χ1v) is 16.3. The van der Waals surface area contributed by atoms with Gasteiger partial charge in [-0.15, -0.1) is 11.3 Å². The Bertz CT molecular complexity index is 2060. The van der Waals surface area contributed by atoms with Gasteiger partial charge in [-0.2, -0.15) is 0 Å². The number of rotatable bonds is 6. The van der Waals surface area contributed by atoms with Crippen LogP contribution >= 0.6 is 11.3 Å². The van der Waals surface area contributed by atoms with Gasteiger partial charge >= 0.3 is 0 Å². The molecule has 2 fully saturated rings. The number of nitrogens with zero attached hydrogens (tertiary/aromatic N) is 3. The highest BCUT2D eigenvalue weighted by molar-refractivity contribution is 7.22. The van der Waals surface area contributed by atoms with E-state index in [0.29, 0.717) is 29.3 Å². The zero-order valence-corrected chi connectivity index (χ0v) is 26.0. The molecule has 0 bridgehead atoms. The van der Waals surface area contributed by atoms with Crippen LogP contribution in [0.5, 0.6) is 5.75 Å². The summed E-state index contributed by atoms with van der Waals surface area (Å²) in [6.45, 7) is 3.45. The van der Waals surface area contributed by atoms with E-state index in [-0.39, 0.29) is 30.8 Å². The number of aryl methyl sites for hydroxylation is 1. The molecule has 1 saturated carbocycles.